The van der Waals surface area contributed by atoms with Gasteiger partial charge in [0.25, 0.3) is 11.5 Å². The van der Waals surface area contributed by atoms with E-state index in [-0.39, 0.29) is 5.56 Å². The van der Waals surface area contributed by atoms with E-state index < -0.39 is 23.5 Å². The van der Waals surface area contributed by atoms with Gasteiger partial charge in [-0.15, -0.1) is 0 Å². The summed E-state index contributed by atoms with van der Waals surface area (Å²) in [5.74, 6) is -0.999. The number of carbonyl (C=O) groups is 2. The maximum atomic E-state index is 12.1. The maximum Gasteiger partial charge on any atom is 0.326 e. The second-order valence-corrected chi connectivity index (χ2v) is 5.25. The Morgan fingerprint density at radius 2 is 2.26 bits per heavy atom. The highest BCUT2D eigenvalue weighted by Crippen LogP contribution is 2.20. The van der Waals surface area contributed by atoms with Crippen LogP contribution in [0.15, 0.2) is 16.1 Å². The smallest absolute Gasteiger partial charge is 0.326 e. The molecule has 2 heterocycles. The van der Waals surface area contributed by atoms with Gasteiger partial charge < -0.3 is 10.0 Å². The highest BCUT2D eigenvalue weighted by atomic mass is 32.2. The van der Waals surface area contributed by atoms with Gasteiger partial charge in [-0.3, -0.25) is 14.2 Å². The van der Waals surface area contributed by atoms with Crippen LogP contribution in [-0.4, -0.2) is 50.3 Å². The first kappa shape index (κ1) is 13.6. The maximum absolute atomic E-state index is 12.1. The average molecular weight is 283 g/mol. The number of aromatic nitrogens is 2. The number of carboxylic acid groups (broad SMARTS) is 1. The van der Waals surface area contributed by atoms with E-state index >= 15 is 0 Å². The number of thioether (sulfide) groups is 1. The van der Waals surface area contributed by atoms with Gasteiger partial charge in [0.2, 0.25) is 0 Å². The average Bonchev–Trinajstić information content (AvgIpc) is 2.85. The molecule has 8 heteroatoms. The molecule has 1 aromatic heterocycles. The number of fused-ring (bicyclic) bond motifs is 1. The van der Waals surface area contributed by atoms with Crippen LogP contribution in [0.25, 0.3) is 0 Å². The molecule has 1 atom stereocenters. The molecule has 0 bridgehead atoms. The molecule has 102 valence electrons. The molecule has 2 rings (SSSR count). The van der Waals surface area contributed by atoms with E-state index in [0.717, 1.165) is 10.7 Å². The molecular weight excluding hydrogens is 270 g/mol. The third-order valence-electron chi connectivity index (χ3n) is 3.05. The number of carboxylic acids is 1. The largest absolute Gasteiger partial charge is 0.480 e. The number of amides is 1. The summed E-state index contributed by atoms with van der Waals surface area (Å²) >= 11 is 1.45. The number of likely N-dealkylation sites (N-methyl/N-ethyl adjacent to an activating group) is 1. The van der Waals surface area contributed by atoms with Crippen molar-refractivity contribution >= 4 is 23.6 Å². The third-order valence-corrected chi connectivity index (χ3v) is 4.02. The van der Waals surface area contributed by atoms with Crippen LogP contribution in [0.5, 0.6) is 0 Å². The molecule has 1 amide bonds. The predicted octanol–water partition coefficient (Wildman–Crippen LogP) is -0.106. The first-order chi connectivity index (χ1) is 8.93. The standard InChI is InChI=1S/C11H13N3O4S/c1-6(10(17)18)13(2)8(15)7-5-12-11-14(9(7)16)3-4-19-11/h5-6H,3-4H2,1-2H3,(H,17,18). The normalized spacial score (nSPS) is 14.8. The molecular formula is C11H13N3O4S. The van der Waals surface area contributed by atoms with Crippen molar-refractivity contribution in [1.82, 2.24) is 14.5 Å². The molecule has 0 aliphatic carbocycles. The Labute approximate surface area is 113 Å². The van der Waals surface area contributed by atoms with E-state index in [4.69, 9.17) is 5.11 Å². The Morgan fingerprint density at radius 1 is 1.58 bits per heavy atom. The van der Waals surface area contributed by atoms with Crippen LogP contribution in [-0.2, 0) is 11.3 Å². The monoisotopic (exact) mass is 283 g/mol. The summed E-state index contributed by atoms with van der Waals surface area (Å²) in [5.41, 5.74) is -0.508. The van der Waals surface area contributed by atoms with Gasteiger partial charge in [-0.25, -0.2) is 9.78 Å². The molecule has 1 aliphatic rings. The summed E-state index contributed by atoms with van der Waals surface area (Å²) in [6, 6.07) is -1.00. The van der Waals surface area contributed by atoms with Crippen LogP contribution in [0.2, 0.25) is 0 Å². The zero-order valence-electron chi connectivity index (χ0n) is 10.5. The predicted molar refractivity (Wildman–Crippen MR) is 68.4 cm³/mol. The van der Waals surface area contributed by atoms with E-state index in [1.165, 1.54) is 36.5 Å². The molecule has 19 heavy (non-hydrogen) atoms. The summed E-state index contributed by atoms with van der Waals surface area (Å²) < 4.78 is 1.44. The van der Waals surface area contributed by atoms with Crippen LogP contribution in [0.4, 0.5) is 0 Å². The van der Waals surface area contributed by atoms with Crippen molar-refractivity contribution in [2.24, 2.45) is 0 Å². The fourth-order valence-corrected chi connectivity index (χ4v) is 2.61. The Morgan fingerprint density at radius 3 is 2.89 bits per heavy atom. The molecule has 1 aromatic rings. The number of carbonyl (C=O) groups excluding carboxylic acids is 1. The van der Waals surface area contributed by atoms with Crippen LogP contribution in [0, 0.1) is 0 Å². The Balaban J connectivity index is 2.35. The Hall–Kier alpha value is -1.83. The van der Waals surface area contributed by atoms with Gasteiger partial charge in [-0.05, 0) is 6.92 Å². The van der Waals surface area contributed by atoms with E-state index in [2.05, 4.69) is 4.98 Å². The quantitative estimate of drug-likeness (QED) is 0.778. The number of hydrogen-bond acceptors (Lipinski definition) is 5. The van der Waals surface area contributed by atoms with Crippen LogP contribution in [0.1, 0.15) is 17.3 Å². The highest BCUT2D eigenvalue weighted by Gasteiger charge is 2.27. The third kappa shape index (κ3) is 2.35. The fraction of sp³-hybridized carbons (Fsp3) is 0.455. The van der Waals surface area contributed by atoms with Gasteiger partial charge >= 0.3 is 5.97 Å². The summed E-state index contributed by atoms with van der Waals surface area (Å²) in [6.45, 7) is 1.90. The van der Waals surface area contributed by atoms with Crippen molar-refractivity contribution in [3.63, 3.8) is 0 Å². The molecule has 0 fully saturated rings. The van der Waals surface area contributed by atoms with Crippen molar-refractivity contribution in [2.75, 3.05) is 12.8 Å². The van der Waals surface area contributed by atoms with Gasteiger partial charge in [-0.1, -0.05) is 11.8 Å². The Bertz CT molecular complexity index is 598. The van der Waals surface area contributed by atoms with E-state index in [1.807, 2.05) is 0 Å². The van der Waals surface area contributed by atoms with Gasteiger partial charge in [0.15, 0.2) is 5.16 Å². The molecule has 1 unspecified atom stereocenters. The van der Waals surface area contributed by atoms with Crippen molar-refractivity contribution in [1.29, 1.82) is 0 Å². The van der Waals surface area contributed by atoms with Crippen molar-refractivity contribution in [2.45, 2.75) is 24.7 Å². The number of rotatable bonds is 3. The number of aliphatic carboxylic acids is 1. The number of nitrogens with zero attached hydrogens (tertiary/aromatic N) is 3. The van der Waals surface area contributed by atoms with Crippen LogP contribution >= 0.6 is 11.8 Å². The molecule has 0 aromatic carbocycles. The molecule has 0 spiro atoms. The summed E-state index contributed by atoms with van der Waals surface area (Å²) in [7, 11) is 1.35. The minimum absolute atomic E-state index is 0.0955. The first-order valence-corrected chi connectivity index (χ1v) is 6.64. The summed E-state index contributed by atoms with van der Waals surface area (Å²) in [6.07, 6.45) is 1.22. The van der Waals surface area contributed by atoms with Crippen molar-refractivity contribution < 1.29 is 14.7 Å². The van der Waals surface area contributed by atoms with Crippen LogP contribution in [0.3, 0.4) is 0 Å². The molecule has 1 N–H and O–H groups in total. The summed E-state index contributed by atoms with van der Waals surface area (Å²) in [5, 5.41) is 9.47. The lowest BCUT2D eigenvalue weighted by molar-refractivity contribution is -0.141. The van der Waals surface area contributed by atoms with E-state index in [1.54, 1.807) is 0 Å². The topological polar surface area (TPSA) is 92.5 Å². The minimum Gasteiger partial charge on any atom is -0.480 e. The van der Waals surface area contributed by atoms with Gasteiger partial charge in [0, 0.05) is 25.5 Å². The SMILES string of the molecule is CC(C(=O)O)N(C)C(=O)c1cnc2n(c1=O)CCS2. The molecule has 0 saturated carbocycles. The lowest BCUT2D eigenvalue weighted by atomic mass is 10.2. The Kier molecular flexibility index (Phi) is 3.61. The first-order valence-electron chi connectivity index (χ1n) is 5.66. The second-order valence-electron chi connectivity index (χ2n) is 4.19. The molecule has 0 saturated heterocycles. The summed E-state index contributed by atoms with van der Waals surface area (Å²) in [4.78, 5) is 40.2. The van der Waals surface area contributed by atoms with E-state index in [0.29, 0.717) is 11.7 Å². The van der Waals surface area contributed by atoms with Gasteiger partial charge in [0.1, 0.15) is 11.6 Å². The van der Waals surface area contributed by atoms with Gasteiger partial charge in [-0.2, -0.15) is 0 Å². The highest BCUT2D eigenvalue weighted by molar-refractivity contribution is 7.99. The van der Waals surface area contributed by atoms with Gasteiger partial charge in [0.05, 0.1) is 0 Å². The fourth-order valence-electron chi connectivity index (χ4n) is 1.70. The van der Waals surface area contributed by atoms with Crippen molar-refractivity contribution in [3.05, 3.63) is 22.1 Å². The molecule has 1 aliphatic heterocycles. The second kappa shape index (κ2) is 5.04. The zero-order chi connectivity index (χ0) is 14.2. The lowest BCUT2D eigenvalue weighted by Gasteiger charge is -2.21. The molecule has 0 radical (unpaired) electrons. The van der Waals surface area contributed by atoms with Crippen molar-refractivity contribution in [3.8, 4) is 0 Å². The zero-order valence-corrected chi connectivity index (χ0v) is 11.3. The number of hydrogen-bond donors (Lipinski definition) is 1. The lowest BCUT2D eigenvalue weighted by Crippen LogP contribution is -2.43. The van der Waals surface area contributed by atoms with Crippen LogP contribution < -0.4 is 5.56 Å². The van der Waals surface area contributed by atoms with E-state index in [9.17, 15) is 14.4 Å². The molecule has 7 nitrogen and oxygen atoms in total. The minimum atomic E-state index is -1.12.